The number of benzene rings is 2. The predicted octanol–water partition coefficient (Wildman–Crippen LogP) is 5.91. The summed E-state index contributed by atoms with van der Waals surface area (Å²) in [6.45, 7) is 6.49. The van der Waals surface area contributed by atoms with Crippen molar-refractivity contribution in [3.8, 4) is 17.6 Å². The smallest absolute Gasteiger partial charge is 0.338 e. The van der Waals surface area contributed by atoms with E-state index in [0.717, 1.165) is 19.9 Å². The highest BCUT2D eigenvalue weighted by Gasteiger charge is 2.38. The molecule has 2 aromatic rings. The average Bonchev–Trinajstić information content (AvgIpc) is 3.31. The summed E-state index contributed by atoms with van der Waals surface area (Å²) in [6.07, 6.45) is 1.93. The molecule has 0 N–H and O–H groups in total. The molecule has 0 bridgehead atoms. The van der Waals surface area contributed by atoms with Crippen LogP contribution in [0.1, 0.15) is 43.5 Å². The van der Waals surface area contributed by atoms with Gasteiger partial charge in [-0.2, -0.15) is 5.26 Å². The third-order valence-electron chi connectivity index (χ3n) is 5.47. The van der Waals surface area contributed by atoms with Crippen molar-refractivity contribution < 1.29 is 19.0 Å². The largest absolute Gasteiger partial charge is 0.490 e. The Morgan fingerprint density at radius 1 is 1.23 bits per heavy atom. The summed E-state index contributed by atoms with van der Waals surface area (Å²) < 4.78 is 18.4. The van der Waals surface area contributed by atoms with Crippen LogP contribution in [-0.4, -0.2) is 29.3 Å². The van der Waals surface area contributed by atoms with Crippen molar-refractivity contribution in [1.29, 1.82) is 5.26 Å². The van der Waals surface area contributed by atoms with Crippen LogP contribution in [0.4, 0.5) is 0 Å². The lowest BCUT2D eigenvalue weighted by atomic mass is 9.94. The molecule has 7 nitrogen and oxygen atoms in total. The number of rotatable bonds is 8. The maximum Gasteiger partial charge on any atom is 0.338 e. The van der Waals surface area contributed by atoms with Gasteiger partial charge in [0.2, 0.25) is 0 Å². The van der Waals surface area contributed by atoms with Crippen molar-refractivity contribution in [1.82, 2.24) is 4.90 Å². The van der Waals surface area contributed by atoms with Gasteiger partial charge in [0, 0.05) is 11.8 Å². The van der Waals surface area contributed by atoms with Crippen LogP contribution in [0.15, 0.2) is 64.3 Å². The molecule has 0 saturated heterocycles. The molecule has 1 atom stereocenters. The Balaban J connectivity index is 1.74. The average molecular weight is 601 g/mol. The molecule has 4 rings (SSSR count). The minimum Gasteiger partial charge on any atom is -0.490 e. The number of hydrogen-bond donors (Lipinski definition) is 0. The summed E-state index contributed by atoms with van der Waals surface area (Å²) in [4.78, 5) is 19.6. The minimum atomic E-state index is -0.408. The summed E-state index contributed by atoms with van der Waals surface area (Å²) in [5.74, 6) is 0.785. The summed E-state index contributed by atoms with van der Waals surface area (Å²) in [7, 11) is 0. The van der Waals surface area contributed by atoms with Gasteiger partial charge in [-0.25, -0.2) is 9.79 Å². The van der Waals surface area contributed by atoms with E-state index in [1.54, 1.807) is 13.0 Å². The maximum absolute atomic E-state index is 13.0. The van der Waals surface area contributed by atoms with Gasteiger partial charge >= 0.3 is 5.97 Å². The number of fused-ring (bicyclic) bond motifs is 1. The van der Waals surface area contributed by atoms with Gasteiger partial charge in [-0.05, 0) is 72.5 Å². The zero-order chi connectivity index (χ0) is 24.9. The summed E-state index contributed by atoms with van der Waals surface area (Å²) in [5.41, 5.74) is 3.37. The monoisotopic (exact) mass is 601 g/mol. The number of hydrogen-bond acceptors (Lipinski definition) is 8. The predicted molar refractivity (Wildman–Crippen MR) is 144 cm³/mol. The van der Waals surface area contributed by atoms with Crippen LogP contribution < -0.4 is 9.47 Å². The number of halogens is 1. The normalized spacial score (nSPS) is 16.5. The summed E-state index contributed by atoms with van der Waals surface area (Å²) >= 11 is 3.73. The second-order valence-corrected chi connectivity index (χ2v) is 9.68. The third-order valence-corrected chi connectivity index (χ3v) is 7.05. The van der Waals surface area contributed by atoms with Gasteiger partial charge in [-0.15, -0.1) is 0 Å². The Morgan fingerprint density at radius 3 is 2.77 bits per heavy atom. The first kappa shape index (κ1) is 25.1. The topological polar surface area (TPSA) is 84.1 Å². The van der Waals surface area contributed by atoms with Gasteiger partial charge in [0.15, 0.2) is 16.7 Å². The number of ether oxygens (including phenoxy) is 3. The fraction of sp³-hybridized carbons (Fsp3) is 0.269. The second-order valence-electron chi connectivity index (χ2n) is 7.65. The van der Waals surface area contributed by atoms with Crippen LogP contribution in [-0.2, 0) is 16.1 Å². The fourth-order valence-corrected chi connectivity index (χ4v) is 5.52. The van der Waals surface area contributed by atoms with Crippen molar-refractivity contribution in [2.24, 2.45) is 4.99 Å². The number of nitriles is 1. The van der Waals surface area contributed by atoms with Crippen molar-refractivity contribution in [3.05, 3.63) is 79.5 Å². The molecule has 0 spiro atoms. The van der Waals surface area contributed by atoms with E-state index in [1.807, 2.05) is 60.7 Å². The van der Waals surface area contributed by atoms with Gasteiger partial charge < -0.3 is 19.1 Å². The van der Waals surface area contributed by atoms with E-state index < -0.39 is 6.04 Å². The Hall–Kier alpha value is -2.97. The molecule has 0 aromatic heterocycles. The van der Waals surface area contributed by atoms with Gasteiger partial charge in [0.05, 0.1) is 45.7 Å². The standard InChI is InChI=1S/C26H24IN3O4S/c1-4-32-21-13-19(12-20(27)24(21)34-15-18-9-7-6-8-17(18)14-28)23-22(25(31)33-5-2)16(3)29-26-30(23)10-11-35-26/h6-13,23H,4-5,15H2,1-3H3/t23-/m1/s1. The Kier molecular flexibility index (Phi) is 8.03. The number of nitrogens with zero attached hydrogens (tertiary/aromatic N) is 3. The van der Waals surface area contributed by atoms with Crippen LogP contribution in [0.3, 0.4) is 0 Å². The van der Waals surface area contributed by atoms with E-state index in [2.05, 4.69) is 33.7 Å². The molecule has 0 unspecified atom stereocenters. The van der Waals surface area contributed by atoms with Crippen LogP contribution >= 0.6 is 34.4 Å². The molecule has 0 saturated carbocycles. The first-order valence-electron chi connectivity index (χ1n) is 11.1. The van der Waals surface area contributed by atoms with Crippen molar-refractivity contribution in [3.63, 3.8) is 0 Å². The minimum absolute atomic E-state index is 0.234. The van der Waals surface area contributed by atoms with Gasteiger partial charge in [0.1, 0.15) is 6.61 Å². The zero-order valence-corrected chi connectivity index (χ0v) is 22.6. The Labute approximate surface area is 222 Å². The first-order chi connectivity index (χ1) is 17.0. The lowest BCUT2D eigenvalue weighted by molar-refractivity contribution is -0.139. The fourth-order valence-electron chi connectivity index (χ4n) is 3.95. The van der Waals surface area contributed by atoms with Crippen LogP contribution in [0.25, 0.3) is 0 Å². The van der Waals surface area contributed by atoms with Crippen LogP contribution in [0.5, 0.6) is 11.5 Å². The van der Waals surface area contributed by atoms with Crippen LogP contribution in [0, 0.1) is 14.9 Å². The van der Waals surface area contributed by atoms with E-state index in [0.29, 0.717) is 34.9 Å². The van der Waals surface area contributed by atoms with E-state index in [-0.39, 0.29) is 19.2 Å². The molecule has 0 amide bonds. The first-order valence-corrected chi connectivity index (χ1v) is 13.1. The Bertz CT molecular complexity index is 1280. The van der Waals surface area contributed by atoms with Crippen LogP contribution in [0.2, 0.25) is 0 Å². The number of aliphatic imine (C=N–C) groups is 1. The molecule has 2 aromatic carbocycles. The quantitative estimate of drug-likeness (QED) is 0.275. The van der Waals surface area contributed by atoms with E-state index >= 15 is 0 Å². The summed E-state index contributed by atoms with van der Waals surface area (Å²) in [6, 6.07) is 13.1. The highest BCUT2D eigenvalue weighted by atomic mass is 127. The van der Waals surface area contributed by atoms with Gasteiger partial charge in [-0.1, -0.05) is 30.0 Å². The molecular weight excluding hydrogens is 577 g/mol. The lowest BCUT2D eigenvalue weighted by Gasteiger charge is -2.33. The molecule has 35 heavy (non-hydrogen) atoms. The molecule has 180 valence electrons. The number of carbonyl (C=O) groups excluding carboxylic acids is 1. The molecule has 2 aliphatic rings. The number of amidine groups is 1. The third kappa shape index (κ3) is 5.18. The van der Waals surface area contributed by atoms with Gasteiger partial charge in [-0.3, -0.25) is 0 Å². The zero-order valence-electron chi connectivity index (χ0n) is 19.6. The molecule has 0 fully saturated rings. The van der Waals surface area contributed by atoms with Crippen molar-refractivity contribution >= 4 is 45.5 Å². The van der Waals surface area contributed by atoms with Crippen molar-refractivity contribution in [2.75, 3.05) is 13.2 Å². The number of thioether (sulfide) groups is 1. The van der Waals surface area contributed by atoms with E-state index in [1.165, 1.54) is 11.8 Å². The number of esters is 1. The number of carbonyl (C=O) groups is 1. The van der Waals surface area contributed by atoms with Crippen molar-refractivity contribution in [2.45, 2.75) is 33.4 Å². The SMILES string of the molecule is CCOC(=O)C1=C(C)N=C2SC=CN2[C@@H]1c1cc(I)c(OCc2ccccc2C#N)c(OCC)c1. The van der Waals surface area contributed by atoms with E-state index in [9.17, 15) is 10.1 Å². The molecule has 0 radical (unpaired) electrons. The second kappa shape index (κ2) is 11.2. The Morgan fingerprint density at radius 2 is 2.03 bits per heavy atom. The molecule has 9 heteroatoms. The molecule has 0 aliphatic carbocycles. The highest BCUT2D eigenvalue weighted by Crippen LogP contribution is 2.44. The molecule has 2 heterocycles. The molecule has 2 aliphatic heterocycles. The van der Waals surface area contributed by atoms with E-state index in [4.69, 9.17) is 14.2 Å². The number of allylic oxidation sites excluding steroid dienone is 1. The maximum atomic E-state index is 13.0. The van der Waals surface area contributed by atoms with Gasteiger partial charge in [0.25, 0.3) is 0 Å². The summed E-state index contributed by atoms with van der Waals surface area (Å²) in [5, 5.41) is 12.2. The molecular formula is C26H24IN3O4S. The highest BCUT2D eigenvalue weighted by molar-refractivity contribution is 14.1. The lowest BCUT2D eigenvalue weighted by Crippen LogP contribution is -2.34.